The van der Waals surface area contributed by atoms with E-state index in [9.17, 15) is 4.79 Å². The third kappa shape index (κ3) is 1.79. The summed E-state index contributed by atoms with van der Waals surface area (Å²) in [7, 11) is 0. The Morgan fingerprint density at radius 2 is 1.65 bits per heavy atom. The Morgan fingerprint density at radius 3 is 2.25 bits per heavy atom. The SMILES string of the molecule is C=C[C@]1(c2ccccc2)COC(=O)N1c1ccccc1. The maximum absolute atomic E-state index is 12.2. The van der Waals surface area contributed by atoms with E-state index in [0.717, 1.165) is 11.3 Å². The first kappa shape index (κ1) is 12.5. The molecule has 100 valence electrons. The van der Waals surface area contributed by atoms with Gasteiger partial charge in [0.1, 0.15) is 12.1 Å². The molecule has 1 heterocycles. The van der Waals surface area contributed by atoms with Crippen molar-refractivity contribution in [1.82, 2.24) is 0 Å². The van der Waals surface area contributed by atoms with E-state index in [1.54, 1.807) is 11.0 Å². The van der Waals surface area contributed by atoms with Crippen LogP contribution in [0, 0.1) is 0 Å². The molecule has 0 N–H and O–H groups in total. The molecule has 0 saturated carbocycles. The summed E-state index contributed by atoms with van der Waals surface area (Å²) in [6.07, 6.45) is 1.43. The average molecular weight is 265 g/mol. The van der Waals surface area contributed by atoms with E-state index in [1.807, 2.05) is 60.7 Å². The normalized spacial score (nSPS) is 21.6. The summed E-state index contributed by atoms with van der Waals surface area (Å²) in [6.45, 7) is 4.20. The molecule has 3 heteroatoms. The first-order valence-corrected chi connectivity index (χ1v) is 6.49. The highest BCUT2D eigenvalue weighted by Gasteiger charge is 2.47. The van der Waals surface area contributed by atoms with E-state index in [4.69, 9.17) is 4.74 Å². The minimum absolute atomic E-state index is 0.272. The van der Waals surface area contributed by atoms with Crippen molar-refractivity contribution in [2.45, 2.75) is 5.54 Å². The van der Waals surface area contributed by atoms with Gasteiger partial charge in [-0.1, -0.05) is 54.6 Å². The number of anilines is 1. The summed E-state index contributed by atoms with van der Waals surface area (Å²) in [6, 6.07) is 19.3. The molecule has 1 aliphatic heterocycles. The zero-order chi connectivity index (χ0) is 14.0. The second-order valence-corrected chi connectivity index (χ2v) is 4.72. The van der Waals surface area contributed by atoms with E-state index in [0.29, 0.717) is 0 Å². The topological polar surface area (TPSA) is 29.5 Å². The summed E-state index contributed by atoms with van der Waals surface area (Å²) in [5.74, 6) is 0. The average Bonchev–Trinajstić information content (AvgIpc) is 2.87. The summed E-state index contributed by atoms with van der Waals surface area (Å²) < 4.78 is 5.30. The van der Waals surface area contributed by atoms with Crippen molar-refractivity contribution in [2.24, 2.45) is 0 Å². The van der Waals surface area contributed by atoms with Crippen LogP contribution in [0.5, 0.6) is 0 Å². The quantitative estimate of drug-likeness (QED) is 0.791. The number of benzene rings is 2. The minimum Gasteiger partial charge on any atom is -0.446 e. The van der Waals surface area contributed by atoms with Crippen molar-refractivity contribution < 1.29 is 9.53 Å². The summed E-state index contributed by atoms with van der Waals surface area (Å²) in [5.41, 5.74) is 1.14. The standard InChI is InChI=1S/C17H15NO2/c1-2-17(14-9-5-3-6-10-14)13-20-16(19)18(17)15-11-7-4-8-12-15/h2-12H,1,13H2/t17-/m1/s1. The molecule has 1 atom stereocenters. The molecule has 1 saturated heterocycles. The van der Waals surface area contributed by atoms with Gasteiger partial charge in [0.05, 0.1) is 0 Å². The van der Waals surface area contributed by atoms with Crippen molar-refractivity contribution in [3.05, 3.63) is 78.9 Å². The van der Waals surface area contributed by atoms with E-state index in [-0.39, 0.29) is 12.7 Å². The minimum atomic E-state index is -0.653. The number of hydrogen-bond acceptors (Lipinski definition) is 2. The van der Waals surface area contributed by atoms with Gasteiger partial charge >= 0.3 is 6.09 Å². The van der Waals surface area contributed by atoms with E-state index in [2.05, 4.69) is 6.58 Å². The monoisotopic (exact) mass is 265 g/mol. The van der Waals surface area contributed by atoms with Crippen LogP contribution in [0.15, 0.2) is 73.3 Å². The third-order valence-electron chi connectivity index (χ3n) is 3.62. The predicted molar refractivity (Wildman–Crippen MR) is 78.6 cm³/mol. The fourth-order valence-corrected chi connectivity index (χ4v) is 2.58. The lowest BCUT2D eigenvalue weighted by molar-refractivity contribution is 0.176. The molecule has 0 unspecified atom stereocenters. The van der Waals surface area contributed by atoms with Crippen molar-refractivity contribution in [3.63, 3.8) is 0 Å². The molecular formula is C17H15NO2. The van der Waals surface area contributed by atoms with Crippen LogP contribution in [0.3, 0.4) is 0 Å². The molecule has 2 aromatic carbocycles. The van der Waals surface area contributed by atoms with E-state index >= 15 is 0 Å². The number of rotatable bonds is 3. The van der Waals surface area contributed by atoms with Gasteiger partial charge in [-0.25, -0.2) is 4.79 Å². The summed E-state index contributed by atoms with van der Waals surface area (Å²) in [5, 5.41) is 0. The van der Waals surface area contributed by atoms with Gasteiger partial charge < -0.3 is 4.74 Å². The van der Waals surface area contributed by atoms with Crippen molar-refractivity contribution in [2.75, 3.05) is 11.5 Å². The number of carbonyl (C=O) groups is 1. The predicted octanol–water partition coefficient (Wildman–Crippen LogP) is 3.72. The van der Waals surface area contributed by atoms with Gasteiger partial charge in [0.25, 0.3) is 0 Å². The highest BCUT2D eigenvalue weighted by atomic mass is 16.6. The molecule has 2 aromatic rings. The Bertz CT molecular complexity index is 624. The van der Waals surface area contributed by atoms with Crippen LogP contribution < -0.4 is 4.90 Å². The molecule has 1 aliphatic rings. The smallest absolute Gasteiger partial charge is 0.415 e. The maximum Gasteiger partial charge on any atom is 0.415 e. The lowest BCUT2D eigenvalue weighted by Gasteiger charge is -2.33. The number of carbonyl (C=O) groups excluding carboxylic acids is 1. The largest absolute Gasteiger partial charge is 0.446 e. The Labute approximate surface area is 118 Å². The van der Waals surface area contributed by atoms with Crippen LogP contribution >= 0.6 is 0 Å². The van der Waals surface area contributed by atoms with Gasteiger partial charge in [0, 0.05) is 5.69 Å². The Morgan fingerprint density at radius 1 is 1.05 bits per heavy atom. The molecule has 0 aliphatic carbocycles. The highest BCUT2D eigenvalue weighted by Crippen LogP contribution is 2.39. The number of nitrogens with zero attached hydrogens (tertiary/aromatic N) is 1. The molecule has 0 bridgehead atoms. The number of amides is 1. The lowest BCUT2D eigenvalue weighted by Crippen LogP contribution is -2.43. The first-order valence-electron chi connectivity index (χ1n) is 6.49. The highest BCUT2D eigenvalue weighted by molar-refractivity contribution is 5.92. The molecule has 3 nitrogen and oxygen atoms in total. The lowest BCUT2D eigenvalue weighted by atomic mass is 9.89. The van der Waals surface area contributed by atoms with Gasteiger partial charge in [0.2, 0.25) is 0 Å². The van der Waals surface area contributed by atoms with Gasteiger partial charge in [-0.2, -0.15) is 0 Å². The van der Waals surface area contributed by atoms with Crippen LogP contribution in [0.1, 0.15) is 5.56 Å². The molecule has 0 radical (unpaired) electrons. The summed E-state index contributed by atoms with van der Waals surface area (Å²) in [4.78, 5) is 13.8. The van der Waals surface area contributed by atoms with Gasteiger partial charge in [-0.3, -0.25) is 4.90 Å². The molecule has 0 aromatic heterocycles. The number of ether oxygens (including phenoxy) is 1. The van der Waals surface area contributed by atoms with E-state index < -0.39 is 5.54 Å². The molecule has 0 spiro atoms. The number of cyclic esters (lactones) is 1. The fraction of sp³-hybridized carbons (Fsp3) is 0.118. The number of hydrogen-bond donors (Lipinski definition) is 0. The first-order chi connectivity index (χ1) is 9.78. The van der Waals surface area contributed by atoms with Crippen molar-refractivity contribution in [1.29, 1.82) is 0 Å². The van der Waals surface area contributed by atoms with Gasteiger partial charge in [0.15, 0.2) is 0 Å². The van der Waals surface area contributed by atoms with Crippen molar-refractivity contribution >= 4 is 11.8 Å². The Balaban J connectivity index is 2.15. The molecule has 1 amide bonds. The van der Waals surface area contributed by atoms with Crippen LogP contribution in [-0.2, 0) is 10.3 Å². The third-order valence-corrected chi connectivity index (χ3v) is 3.62. The van der Waals surface area contributed by atoms with Gasteiger partial charge in [-0.05, 0) is 17.7 Å². The van der Waals surface area contributed by atoms with Crippen LogP contribution in [0.4, 0.5) is 10.5 Å². The van der Waals surface area contributed by atoms with E-state index in [1.165, 1.54) is 0 Å². The second-order valence-electron chi connectivity index (χ2n) is 4.72. The molecule has 3 rings (SSSR count). The van der Waals surface area contributed by atoms with Gasteiger partial charge in [-0.15, -0.1) is 6.58 Å². The molecule has 20 heavy (non-hydrogen) atoms. The molecule has 1 fully saturated rings. The zero-order valence-corrected chi connectivity index (χ0v) is 11.0. The maximum atomic E-state index is 12.2. The Hall–Kier alpha value is -2.55. The zero-order valence-electron chi connectivity index (χ0n) is 11.0. The van der Waals surface area contributed by atoms with Crippen LogP contribution in [0.2, 0.25) is 0 Å². The van der Waals surface area contributed by atoms with Crippen LogP contribution in [-0.4, -0.2) is 12.7 Å². The van der Waals surface area contributed by atoms with Crippen LogP contribution in [0.25, 0.3) is 0 Å². The second kappa shape index (κ2) is 4.85. The fourth-order valence-electron chi connectivity index (χ4n) is 2.58. The summed E-state index contributed by atoms with van der Waals surface area (Å²) >= 11 is 0. The Kier molecular flexibility index (Phi) is 3.03. The molecular weight excluding hydrogens is 250 g/mol. The number of para-hydroxylation sites is 1. The van der Waals surface area contributed by atoms with Crippen molar-refractivity contribution in [3.8, 4) is 0 Å².